The van der Waals surface area contributed by atoms with Crippen LogP contribution in [-0.4, -0.2) is 69.1 Å². The van der Waals surface area contributed by atoms with Gasteiger partial charge in [0.15, 0.2) is 12.7 Å². The summed E-state index contributed by atoms with van der Waals surface area (Å²) in [6, 6.07) is 19.6. The number of nitrogens with zero attached hydrogens (tertiary/aromatic N) is 1. The van der Waals surface area contributed by atoms with E-state index in [1.807, 2.05) is 76.2 Å². The fourth-order valence-electron chi connectivity index (χ4n) is 5.35. The molecule has 3 aromatic rings. The average Bonchev–Trinajstić information content (AvgIpc) is 3.34. The number of ether oxygens (including phenoxy) is 1. The number of nitrogens with two attached hydrogens (primary N) is 1. The quantitative estimate of drug-likeness (QED) is 0.240. The smallest absolute Gasteiger partial charge is 0.258 e. The van der Waals surface area contributed by atoms with Crippen LogP contribution in [0.15, 0.2) is 72.8 Å². The second kappa shape index (κ2) is 14.6. The Morgan fingerprint density at radius 3 is 2.24 bits per heavy atom. The molecule has 11 heteroatoms. The van der Waals surface area contributed by atoms with Gasteiger partial charge in [-0.2, -0.15) is 0 Å². The van der Waals surface area contributed by atoms with Gasteiger partial charge in [0.25, 0.3) is 11.8 Å². The molecule has 10 nitrogen and oxygen atoms in total. The number of rotatable bonds is 12. The van der Waals surface area contributed by atoms with E-state index in [1.54, 1.807) is 24.3 Å². The van der Waals surface area contributed by atoms with Crippen LogP contribution in [0, 0.1) is 13.8 Å². The van der Waals surface area contributed by atoms with Gasteiger partial charge in [-0.1, -0.05) is 60.7 Å². The standard InChI is InChI=1S/C34H40N4O6S/c1-21-9-8-10-22(2)29(21)44-19-27(39)37-26(17-23-11-6-5-7-12-23)28(40)33(43)38-20-45-34(3,4)30(38)32(42)36-18-24-13-15-25(16-14-24)31(35)41/h5-16,26,28,30,40H,17-20H2,1-4H3,(H2,35,41)(H,36,42)(H,37,39)/t26-,28-,30+/m0/s1. The Balaban J connectivity index is 1.48. The van der Waals surface area contributed by atoms with E-state index < -0.39 is 40.7 Å². The van der Waals surface area contributed by atoms with Crippen LogP contribution in [0.4, 0.5) is 0 Å². The molecule has 0 saturated carbocycles. The number of para-hydroxylation sites is 1. The lowest BCUT2D eigenvalue weighted by molar-refractivity contribution is -0.148. The lowest BCUT2D eigenvalue weighted by Gasteiger charge is -2.33. The summed E-state index contributed by atoms with van der Waals surface area (Å²) in [6.07, 6.45) is -1.44. The number of aryl methyl sites for hydroxylation is 2. The van der Waals surface area contributed by atoms with E-state index in [0.717, 1.165) is 22.3 Å². The largest absolute Gasteiger partial charge is 0.483 e. The van der Waals surface area contributed by atoms with Crippen molar-refractivity contribution < 1.29 is 29.0 Å². The second-order valence-electron chi connectivity index (χ2n) is 11.7. The van der Waals surface area contributed by atoms with Crippen LogP contribution in [0.2, 0.25) is 0 Å². The molecule has 1 aliphatic rings. The minimum Gasteiger partial charge on any atom is -0.483 e. The van der Waals surface area contributed by atoms with Gasteiger partial charge in [0.1, 0.15) is 11.8 Å². The van der Waals surface area contributed by atoms with Gasteiger partial charge in [-0.3, -0.25) is 19.2 Å². The topological polar surface area (TPSA) is 151 Å². The molecule has 0 bridgehead atoms. The number of nitrogens with one attached hydrogen (secondary N) is 2. The molecule has 4 rings (SSSR count). The zero-order valence-corrected chi connectivity index (χ0v) is 26.7. The summed E-state index contributed by atoms with van der Waals surface area (Å²) in [5.74, 6) is -1.27. The van der Waals surface area contributed by atoms with Crippen LogP contribution in [0.3, 0.4) is 0 Å². The predicted molar refractivity (Wildman–Crippen MR) is 173 cm³/mol. The summed E-state index contributed by atoms with van der Waals surface area (Å²) >= 11 is 1.43. The highest BCUT2D eigenvalue weighted by Gasteiger charge is 2.49. The van der Waals surface area contributed by atoms with Crippen molar-refractivity contribution in [2.45, 2.75) is 63.6 Å². The number of carbonyl (C=O) groups excluding carboxylic acids is 4. The lowest BCUT2D eigenvalue weighted by Crippen LogP contribution is -2.59. The fourth-order valence-corrected chi connectivity index (χ4v) is 6.49. The number of amides is 4. The fraction of sp³-hybridized carbons (Fsp3) is 0.353. The first-order chi connectivity index (χ1) is 21.4. The summed E-state index contributed by atoms with van der Waals surface area (Å²) in [5.41, 5.74) is 9.02. The summed E-state index contributed by atoms with van der Waals surface area (Å²) in [4.78, 5) is 53.2. The Bertz CT molecular complexity index is 1510. The van der Waals surface area contributed by atoms with Crippen LogP contribution in [-0.2, 0) is 27.3 Å². The molecule has 3 atom stereocenters. The van der Waals surface area contributed by atoms with Gasteiger partial charge >= 0.3 is 0 Å². The normalized spacial score (nSPS) is 16.8. The first-order valence-corrected chi connectivity index (χ1v) is 15.7. The average molecular weight is 633 g/mol. The highest BCUT2D eigenvalue weighted by atomic mass is 32.2. The van der Waals surface area contributed by atoms with E-state index in [-0.39, 0.29) is 31.4 Å². The van der Waals surface area contributed by atoms with Crippen molar-refractivity contribution in [1.82, 2.24) is 15.5 Å². The van der Waals surface area contributed by atoms with Crippen LogP contribution in [0.25, 0.3) is 0 Å². The Morgan fingerprint density at radius 2 is 1.62 bits per heavy atom. The van der Waals surface area contributed by atoms with Crippen molar-refractivity contribution in [3.63, 3.8) is 0 Å². The van der Waals surface area contributed by atoms with E-state index in [4.69, 9.17) is 10.5 Å². The van der Waals surface area contributed by atoms with Crippen LogP contribution >= 0.6 is 11.8 Å². The van der Waals surface area contributed by atoms with E-state index in [0.29, 0.717) is 11.3 Å². The van der Waals surface area contributed by atoms with E-state index >= 15 is 0 Å². The molecule has 0 aromatic heterocycles. The Labute approximate surface area is 267 Å². The van der Waals surface area contributed by atoms with Crippen LogP contribution < -0.4 is 21.1 Å². The Kier molecular flexibility index (Phi) is 10.9. The summed E-state index contributed by atoms with van der Waals surface area (Å²) < 4.78 is 5.16. The number of hydrogen-bond acceptors (Lipinski definition) is 7. The molecule has 238 valence electrons. The molecule has 1 heterocycles. The zero-order chi connectivity index (χ0) is 32.7. The molecule has 3 aromatic carbocycles. The molecule has 0 radical (unpaired) electrons. The third-order valence-corrected chi connectivity index (χ3v) is 9.19. The van der Waals surface area contributed by atoms with Crippen molar-refractivity contribution in [3.05, 3.63) is 101 Å². The lowest BCUT2D eigenvalue weighted by atomic mass is 9.97. The summed E-state index contributed by atoms with van der Waals surface area (Å²) in [7, 11) is 0. The molecule has 1 saturated heterocycles. The molecule has 0 aliphatic carbocycles. The molecule has 45 heavy (non-hydrogen) atoms. The predicted octanol–water partition coefficient (Wildman–Crippen LogP) is 2.87. The van der Waals surface area contributed by atoms with Gasteiger partial charge in [-0.05, 0) is 68.5 Å². The van der Waals surface area contributed by atoms with Gasteiger partial charge in [-0.25, -0.2) is 0 Å². The summed E-state index contributed by atoms with van der Waals surface area (Å²) in [5, 5.41) is 17.1. The molecular formula is C34H40N4O6S. The van der Waals surface area contributed by atoms with Gasteiger partial charge in [0, 0.05) is 16.9 Å². The molecule has 0 spiro atoms. The number of carbonyl (C=O) groups is 4. The SMILES string of the molecule is Cc1cccc(C)c1OCC(=O)N[C@@H](Cc1ccccc1)[C@H](O)C(=O)N1CSC(C)(C)[C@H]1C(=O)NCc1ccc(C(N)=O)cc1. The van der Waals surface area contributed by atoms with Crippen molar-refractivity contribution in [1.29, 1.82) is 0 Å². The number of primary amides is 1. The molecular weight excluding hydrogens is 592 g/mol. The molecule has 5 N–H and O–H groups in total. The highest BCUT2D eigenvalue weighted by molar-refractivity contribution is 8.00. The Hall–Kier alpha value is -4.35. The first kappa shape index (κ1) is 33.5. The highest BCUT2D eigenvalue weighted by Crippen LogP contribution is 2.40. The van der Waals surface area contributed by atoms with Crippen molar-refractivity contribution in [2.75, 3.05) is 12.5 Å². The zero-order valence-electron chi connectivity index (χ0n) is 25.9. The van der Waals surface area contributed by atoms with Gasteiger partial charge in [-0.15, -0.1) is 11.8 Å². The molecule has 1 fully saturated rings. The van der Waals surface area contributed by atoms with Gasteiger partial charge in [0.05, 0.1) is 11.9 Å². The number of thioether (sulfide) groups is 1. The molecule has 4 amide bonds. The maximum atomic E-state index is 13.9. The second-order valence-corrected chi connectivity index (χ2v) is 13.3. The number of aliphatic hydroxyl groups is 1. The van der Waals surface area contributed by atoms with Gasteiger partial charge in [0.2, 0.25) is 11.8 Å². The minimum absolute atomic E-state index is 0.173. The Morgan fingerprint density at radius 1 is 0.978 bits per heavy atom. The maximum absolute atomic E-state index is 13.9. The molecule has 1 aliphatic heterocycles. The van der Waals surface area contributed by atoms with E-state index in [2.05, 4.69) is 10.6 Å². The number of benzene rings is 3. The van der Waals surface area contributed by atoms with Crippen molar-refractivity contribution >= 4 is 35.4 Å². The van der Waals surface area contributed by atoms with Crippen LogP contribution in [0.5, 0.6) is 5.75 Å². The third-order valence-electron chi connectivity index (χ3n) is 7.82. The van der Waals surface area contributed by atoms with Crippen molar-refractivity contribution in [3.8, 4) is 5.75 Å². The van der Waals surface area contributed by atoms with E-state index in [9.17, 15) is 24.3 Å². The monoisotopic (exact) mass is 632 g/mol. The van der Waals surface area contributed by atoms with Gasteiger partial charge < -0.3 is 31.1 Å². The van der Waals surface area contributed by atoms with E-state index in [1.165, 1.54) is 16.7 Å². The number of aliphatic hydroxyl groups excluding tert-OH is 1. The number of hydrogen-bond donors (Lipinski definition) is 4. The maximum Gasteiger partial charge on any atom is 0.258 e. The molecule has 0 unspecified atom stereocenters. The minimum atomic E-state index is -1.62. The third kappa shape index (κ3) is 8.43. The first-order valence-electron chi connectivity index (χ1n) is 14.7. The van der Waals surface area contributed by atoms with Crippen LogP contribution in [0.1, 0.15) is 46.5 Å². The van der Waals surface area contributed by atoms with Crippen molar-refractivity contribution in [2.24, 2.45) is 5.73 Å². The summed E-state index contributed by atoms with van der Waals surface area (Å²) in [6.45, 7) is 7.41.